The summed E-state index contributed by atoms with van der Waals surface area (Å²) in [5.74, 6) is -0.221. The third-order valence-corrected chi connectivity index (χ3v) is 3.94. The fraction of sp³-hybridized carbons (Fsp3) is 0.611. The zero-order chi connectivity index (χ0) is 17.0. The third kappa shape index (κ3) is 5.73. The summed E-state index contributed by atoms with van der Waals surface area (Å²) in [6, 6.07) is 5.15. The van der Waals surface area contributed by atoms with Crippen molar-refractivity contribution in [3.05, 3.63) is 29.6 Å². The van der Waals surface area contributed by atoms with Gasteiger partial charge in [0.2, 0.25) is 0 Å². The second kappa shape index (κ2) is 7.20. The van der Waals surface area contributed by atoms with Gasteiger partial charge in [0.1, 0.15) is 11.4 Å². The van der Waals surface area contributed by atoms with Crippen LogP contribution in [0, 0.1) is 12.7 Å². The monoisotopic (exact) mass is 322 g/mol. The number of alkyl carbamates (subject to hydrolysis) is 1. The molecule has 4 nitrogen and oxygen atoms in total. The highest BCUT2D eigenvalue weighted by Crippen LogP contribution is 2.24. The molecule has 2 unspecified atom stereocenters. The number of aryl methyl sites for hydroxylation is 1. The summed E-state index contributed by atoms with van der Waals surface area (Å²) < 4.78 is 18.5. The molecule has 2 atom stereocenters. The Balaban J connectivity index is 1.89. The van der Waals surface area contributed by atoms with E-state index in [1.165, 1.54) is 12.1 Å². The van der Waals surface area contributed by atoms with Crippen LogP contribution in [0.5, 0.6) is 0 Å². The van der Waals surface area contributed by atoms with Gasteiger partial charge in [0.25, 0.3) is 0 Å². The molecule has 0 spiro atoms. The molecule has 1 saturated carbocycles. The van der Waals surface area contributed by atoms with Crippen LogP contribution in [0.2, 0.25) is 0 Å². The molecule has 0 bridgehead atoms. The van der Waals surface area contributed by atoms with Gasteiger partial charge in [-0.05, 0) is 77.1 Å². The minimum absolute atomic E-state index is 0.108. The van der Waals surface area contributed by atoms with Crippen LogP contribution in [-0.2, 0) is 4.74 Å². The van der Waals surface area contributed by atoms with Crippen molar-refractivity contribution in [1.29, 1.82) is 0 Å². The average Bonchev–Trinajstić information content (AvgIpc) is 2.40. The highest BCUT2D eigenvalue weighted by Gasteiger charge is 2.25. The Morgan fingerprint density at radius 1 is 1.26 bits per heavy atom. The number of carbonyl (C=O) groups excluding carboxylic acids is 1. The standard InChI is InChI=1S/C18H27FN2O2/c1-12-10-13(19)8-9-16(12)20-14-6-5-7-15(11-14)21-17(22)23-18(2,3)4/h8-10,14-15,20H,5-7,11H2,1-4H3,(H,21,22). The van der Waals surface area contributed by atoms with Crippen LogP contribution in [0.15, 0.2) is 18.2 Å². The molecule has 1 aromatic carbocycles. The third-order valence-electron chi connectivity index (χ3n) is 3.94. The summed E-state index contributed by atoms with van der Waals surface area (Å²) in [4.78, 5) is 11.9. The Kier molecular flexibility index (Phi) is 5.50. The van der Waals surface area contributed by atoms with Gasteiger partial charge in [-0.2, -0.15) is 0 Å². The van der Waals surface area contributed by atoms with Gasteiger partial charge in [0, 0.05) is 17.8 Å². The lowest BCUT2D eigenvalue weighted by atomic mass is 9.90. The Bertz CT molecular complexity index is 554. The van der Waals surface area contributed by atoms with E-state index < -0.39 is 5.60 Å². The van der Waals surface area contributed by atoms with Crippen molar-refractivity contribution < 1.29 is 13.9 Å². The molecule has 1 aromatic rings. The van der Waals surface area contributed by atoms with E-state index in [4.69, 9.17) is 4.74 Å². The van der Waals surface area contributed by atoms with Gasteiger partial charge in [-0.15, -0.1) is 0 Å². The van der Waals surface area contributed by atoms with Crippen molar-refractivity contribution >= 4 is 11.8 Å². The second-order valence-corrected chi connectivity index (χ2v) is 7.31. The molecule has 0 aromatic heterocycles. The number of amides is 1. The molecule has 128 valence electrons. The maximum Gasteiger partial charge on any atom is 0.407 e. The zero-order valence-corrected chi connectivity index (χ0v) is 14.4. The Morgan fingerprint density at radius 2 is 1.96 bits per heavy atom. The van der Waals surface area contributed by atoms with Crippen LogP contribution in [0.1, 0.15) is 52.0 Å². The molecule has 1 amide bonds. The van der Waals surface area contributed by atoms with Crippen molar-refractivity contribution in [2.45, 2.75) is 71.1 Å². The quantitative estimate of drug-likeness (QED) is 0.868. The highest BCUT2D eigenvalue weighted by atomic mass is 19.1. The van der Waals surface area contributed by atoms with Gasteiger partial charge in [-0.1, -0.05) is 0 Å². The summed E-state index contributed by atoms with van der Waals surface area (Å²) in [5, 5.41) is 6.42. The van der Waals surface area contributed by atoms with E-state index in [0.717, 1.165) is 36.9 Å². The number of ether oxygens (including phenoxy) is 1. The van der Waals surface area contributed by atoms with Crippen LogP contribution in [-0.4, -0.2) is 23.8 Å². The predicted molar refractivity (Wildman–Crippen MR) is 90.2 cm³/mol. The molecule has 0 saturated heterocycles. The fourth-order valence-electron chi connectivity index (χ4n) is 2.94. The van der Waals surface area contributed by atoms with Crippen molar-refractivity contribution in [2.75, 3.05) is 5.32 Å². The highest BCUT2D eigenvalue weighted by molar-refractivity contribution is 5.68. The summed E-state index contributed by atoms with van der Waals surface area (Å²) in [6.07, 6.45) is 3.53. The molecular formula is C18H27FN2O2. The smallest absolute Gasteiger partial charge is 0.407 e. The number of hydrogen-bond donors (Lipinski definition) is 2. The van der Waals surface area contributed by atoms with Gasteiger partial charge in [-0.25, -0.2) is 9.18 Å². The molecular weight excluding hydrogens is 295 g/mol. The summed E-state index contributed by atoms with van der Waals surface area (Å²) in [7, 11) is 0. The first kappa shape index (κ1) is 17.6. The van der Waals surface area contributed by atoms with Gasteiger partial charge < -0.3 is 15.4 Å². The van der Waals surface area contributed by atoms with E-state index in [0.29, 0.717) is 0 Å². The molecule has 2 N–H and O–H groups in total. The number of halogens is 1. The van der Waals surface area contributed by atoms with E-state index in [-0.39, 0.29) is 24.0 Å². The van der Waals surface area contributed by atoms with Crippen LogP contribution in [0.4, 0.5) is 14.9 Å². The number of rotatable bonds is 3. The lowest BCUT2D eigenvalue weighted by molar-refractivity contribution is 0.0492. The summed E-state index contributed by atoms with van der Waals surface area (Å²) in [6.45, 7) is 7.46. The maximum atomic E-state index is 13.2. The van der Waals surface area contributed by atoms with E-state index in [2.05, 4.69) is 10.6 Å². The summed E-state index contributed by atoms with van der Waals surface area (Å²) in [5.41, 5.74) is 1.36. The lowest BCUT2D eigenvalue weighted by Crippen LogP contribution is -2.43. The molecule has 1 fully saturated rings. The number of carbonyl (C=O) groups is 1. The molecule has 1 aliphatic rings. The molecule has 0 radical (unpaired) electrons. The van der Waals surface area contributed by atoms with Crippen LogP contribution in [0.25, 0.3) is 0 Å². The van der Waals surface area contributed by atoms with E-state index in [9.17, 15) is 9.18 Å². The van der Waals surface area contributed by atoms with Crippen molar-refractivity contribution in [3.63, 3.8) is 0 Å². The molecule has 2 rings (SSSR count). The van der Waals surface area contributed by atoms with E-state index in [1.54, 1.807) is 6.07 Å². The predicted octanol–water partition coefficient (Wildman–Crippen LogP) is 4.38. The van der Waals surface area contributed by atoms with Crippen LogP contribution < -0.4 is 10.6 Å². The molecule has 0 aliphatic heterocycles. The SMILES string of the molecule is Cc1cc(F)ccc1NC1CCCC(NC(=O)OC(C)(C)C)C1. The van der Waals surface area contributed by atoms with Gasteiger partial charge in [-0.3, -0.25) is 0 Å². The van der Waals surface area contributed by atoms with Gasteiger partial charge >= 0.3 is 6.09 Å². The minimum atomic E-state index is -0.484. The van der Waals surface area contributed by atoms with Crippen molar-refractivity contribution in [3.8, 4) is 0 Å². The Hall–Kier alpha value is -1.78. The summed E-state index contributed by atoms with van der Waals surface area (Å²) >= 11 is 0. The van der Waals surface area contributed by atoms with Gasteiger partial charge in [0.15, 0.2) is 0 Å². The molecule has 5 heteroatoms. The number of nitrogens with one attached hydrogen (secondary N) is 2. The topological polar surface area (TPSA) is 50.4 Å². The number of anilines is 1. The molecule has 23 heavy (non-hydrogen) atoms. The first-order valence-electron chi connectivity index (χ1n) is 8.25. The maximum absolute atomic E-state index is 13.2. The fourth-order valence-corrected chi connectivity index (χ4v) is 2.94. The molecule has 1 aliphatic carbocycles. The van der Waals surface area contributed by atoms with E-state index in [1.807, 2.05) is 27.7 Å². The van der Waals surface area contributed by atoms with Crippen LogP contribution in [0.3, 0.4) is 0 Å². The first-order valence-corrected chi connectivity index (χ1v) is 8.25. The normalized spacial score (nSPS) is 21.6. The van der Waals surface area contributed by atoms with E-state index >= 15 is 0 Å². The van der Waals surface area contributed by atoms with Crippen LogP contribution >= 0.6 is 0 Å². The average molecular weight is 322 g/mol. The number of benzene rings is 1. The van der Waals surface area contributed by atoms with Crippen molar-refractivity contribution in [2.24, 2.45) is 0 Å². The largest absolute Gasteiger partial charge is 0.444 e. The zero-order valence-electron chi connectivity index (χ0n) is 14.4. The number of hydrogen-bond acceptors (Lipinski definition) is 3. The van der Waals surface area contributed by atoms with Crippen molar-refractivity contribution in [1.82, 2.24) is 5.32 Å². The second-order valence-electron chi connectivity index (χ2n) is 7.31. The van der Waals surface area contributed by atoms with Gasteiger partial charge in [0.05, 0.1) is 0 Å². The first-order chi connectivity index (χ1) is 10.7. The Morgan fingerprint density at radius 3 is 2.61 bits per heavy atom. The lowest BCUT2D eigenvalue weighted by Gasteiger charge is -2.32. The Labute approximate surface area is 137 Å². The molecule has 0 heterocycles. The minimum Gasteiger partial charge on any atom is -0.444 e.